The maximum absolute atomic E-state index is 10.6. The van der Waals surface area contributed by atoms with Gasteiger partial charge in [0, 0.05) is 5.57 Å². The lowest BCUT2D eigenvalue weighted by atomic mass is 10.2. The fourth-order valence-electron chi connectivity index (χ4n) is 0.716. The summed E-state index contributed by atoms with van der Waals surface area (Å²) in [4.78, 5) is 10.6. The van der Waals surface area contributed by atoms with E-state index in [-0.39, 0.29) is 5.97 Å². The Kier molecular flexibility index (Phi) is 1.68. The topological polar surface area (TPSA) is 26.3 Å². The van der Waals surface area contributed by atoms with Crippen molar-refractivity contribution in [3.63, 3.8) is 0 Å². The lowest BCUT2D eigenvalue weighted by Gasteiger charge is -1.90. The van der Waals surface area contributed by atoms with Gasteiger partial charge in [-0.05, 0) is 12.5 Å². The van der Waals surface area contributed by atoms with Gasteiger partial charge in [-0.15, -0.1) is 6.58 Å². The highest BCUT2D eigenvalue weighted by atomic mass is 16.5. The molecule has 9 heavy (non-hydrogen) atoms. The molecule has 0 saturated carbocycles. The number of hydrogen-bond donors (Lipinski definition) is 0. The van der Waals surface area contributed by atoms with Crippen LogP contribution in [0, 0.1) is 0 Å². The summed E-state index contributed by atoms with van der Waals surface area (Å²) >= 11 is 0. The van der Waals surface area contributed by atoms with Gasteiger partial charge >= 0.3 is 5.97 Å². The predicted molar refractivity (Wildman–Crippen MR) is 33.9 cm³/mol. The molecule has 0 aliphatic carbocycles. The first-order valence-corrected chi connectivity index (χ1v) is 2.81. The van der Waals surface area contributed by atoms with Gasteiger partial charge in [-0.25, -0.2) is 4.79 Å². The molecule has 1 rings (SSSR count). The first kappa shape index (κ1) is 6.08. The van der Waals surface area contributed by atoms with Crippen molar-refractivity contribution in [3.8, 4) is 0 Å². The second-order valence-electron chi connectivity index (χ2n) is 1.82. The maximum Gasteiger partial charge on any atom is 0.334 e. The third-order valence-electron chi connectivity index (χ3n) is 1.17. The molecule has 0 radical (unpaired) electrons. The van der Waals surface area contributed by atoms with E-state index in [1.165, 1.54) is 0 Å². The van der Waals surface area contributed by atoms with Crippen molar-refractivity contribution in [1.82, 2.24) is 0 Å². The van der Waals surface area contributed by atoms with Crippen LogP contribution in [0.25, 0.3) is 0 Å². The van der Waals surface area contributed by atoms with Gasteiger partial charge in [0.2, 0.25) is 0 Å². The third kappa shape index (κ3) is 1.19. The van der Waals surface area contributed by atoms with E-state index < -0.39 is 0 Å². The van der Waals surface area contributed by atoms with Crippen molar-refractivity contribution >= 4 is 5.97 Å². The van der Waals surface area contributed by atoms with Gasteiger partial charge < -0.3 is 4.74 Å². The third-order valence-corrected chi connectivity index (χ3v) is 1.17. The molecule has 0 aromatic rings. The molecular weight excluding hydrogens is 116 g/mol. The number of esters is 1. The van der Waals surface area contributed by atoms with Crippen LogP contribution >= 0.6 is 0 Å². The van der Waals surface area contributed by atoms with E-state index >= 15 is 0 Å². The SMILES string of the molecule is C=CCC1=CCOC1=O. The van der Waals surface area contributed by atoms with Crippen LogP contribution in [0.15, 0.2) is 24.3 Å². The molecule has 0 N–H and O–H groups in total. The summed E-state index contributed by atoms with van der Waals surface area (Å²) in [5, 5.41) is 0. The molecule has 0 aromatic heterocycles. The van der Waals surface area contributed by atoms with Gasteiger partial charge in [-0.2, -0.15) is 0 Å². The molecule has 0 fully saturated rings. The summed E-state index contributed by atoms with van der Waals surface area (Å²) in [6, 6.07) is 0. The van der Waals surface area contributed by atoms with Crippen molar-refractivity contribution in [3.05, 3.63) is 24.3 Å². The maximum atomic E-state index is 10.6. The molecule has 1 aliphatic rings. The highest BCUT2D eigenvalue weighted by Crippen LogP contribution is 2.10. The van der Waals surface area contributed by atoms with E-state index in [4.69, 9.17) is 0 Å². The fourth-order valence-corrected chi connectivity index (χ4v) is 0.716. The van der Waals surface area contributed by atoms with Crippen LogP contribution in [-0.2, 0) is 9.53 Å². The minimum atomic E-state index is -0.199. The lowest BCUT2D eigenvalue weighted by molar-refractivity contribution is -0.136. The number of allylic oxidation sites excluding steroid dienone is 1. The first-order chi connectivity index (χ1) is 4.34. The van der Waals surface area contributed by atoms with Gasteiger partial charge in [0.15, 0.2) is 0 Å². The second kappa shape index (κ2) is 2.49. The smallest absolute Gasteiger partial charge is 0.334 e. The molecule has 0 spiro atoms. The summed E-state index contributed by atoms with van der Waals surface area (Å²) in [6.45, 7) is 3.94. The summed E-state index contributed by atoms with van der Waals surface area (Å²) in [5.41, 5.74) is 0.727. The van der Waals surface area contributed by atoms with Crippen molar-refractivity contribution in [2.24, 2.45) is 0 Å². The highest BCUT2D eigenvalue weighted by molar-refractivity contribution is 5.90. The zero-order valence-electron chi connectivity index (χ0n) is 5.09. The summed E-state index contributed by atoms with van der Waals surface area (Å²) in [5.74, 6) is -0.199. The zero-order chi connectivity index (χ0) is 6.69. The fraction of sp³-hybridized carbons (Fsp3) is 0.286. The van der Waals surface area contributed by atoms with Crippen LogP contribution in [0.3, 0.4) is 0 Å². The number of cyclic esters (lactones) is 1. The number of hydrogen-bond acceptors (Lipinski definition) is 2. The molecule has 0 saturated heterocycles. The van der Waals surface area contributed by atoms with Crippen molar-refractivity contribution in [1.29, 1.82) is 0 Å². The largest absolute Gasteiger partial charge is 0.458 e. The Morgan fingerprint density at radius 3 is 3.11 bits per heavy atom. The van der Waals surface area contributed by atoms with E-state index in [0.717, 1.165) is 5.57 Å². The van der Waals surface area contributed by atoms with Gasteiger partial charge in [0.1, 0.15) is 6.61 Å². The average molecular weight is 124 g/mol. The Labute approximate surface area is 53.8 Å². The van der Waals surface area contributed by atoms with Gasteiger partial charge in [0.25, 0.3) is 0 Å². The molecule has 2 heteroatoms. The number of carbonyl (C=O) groups excluding carboxylic acids is 1. The molecule has 0 bridgehead atoms. The standard InChI is InChI=1S/C7H8O2/c1-2-3-6-4-5-9-7(6)8/h2,4H,1,3,5H2. The summed E-state index contributed by atoms with van der Waals surface area (Å²) in [6.07, 6.45) is 4.10. The average Bonchev–Trinajstić information content (AvgIpc) is 2.18. The van der Waals surface area contributed by atoms with E-state index in [2.05, 4.69) is 11.3 Å². The Hall–Kier alpha value is -1.05. The van der Waals surface area contributed by atoms with Gasteiger partial charge in [0.05, 0.1) is 0 Å². The summed E-state index contributed by atoms with van der Waals surface area (Å²) < 4.78 is 4.64. The van der Waals surface area contributed by atoms with Crippen LogP contribution in [0.2, 0.25) is 0 Å². The van der Waals surface area contributed by atoms with Crippen LogP contribution < -0.4 is 0 Å². The molecule has 0 unspecified atom stereocenters. The summed E-state index contributed by atoms with van der Waals surface area (Å²) in [7, 11) is 0. The van der Waals surface area contributed by atoms with E-state index in [0.29, 0.717) is 13.0 Å². The van der Waals surface area contributed by atoms with E-state index in [1.54, 1.807) is 12.2 Å². The Morgan fingerprint density at radius 2 is 2.67 bits per heavy atom. The van der Waals surface area contributed by atoms with Crippen LogP contribution in [0.5, 0.6) is 0 Å². The zero-order valence-corrected chi connectivity index (χ0v) is 5.09. The van der Waals surface area contributed by atoms with Crippen LogP contribution in [-0.4, -0.2) is 12.6 Å². The molecular formula is C7H8O2. The van der Waals surface area contributed by atoms with Crippen molar-refractivity contribution in [2.75, 3.05) is 6.61 Å². The second-order valence-corrected chi connectivity index (χ2v) is 1.82. The molecule has 48 valence electrons. The molecule has 2 nitrogen and oxygen atoms in total. The Balaban J connectivity index is 2.57. The minimum absolute atomic E-state index is 0.199. The molecule has 1 heterocycles. The first-order valence-electron chi connectivity index (χ1n) is 2.81. The van der Waals surface area contributed by atoms with Crippen LogP contribution in [0.4, 0.5) is 0 Å². The van der Waals surface area contributed by atoms with Crippen LogP contribution in [0.1, 0.15) is 6.42 Å². The molecule has 0 aromatic carbocycles. The Bertz CT molecular complexity index is 168. The monoisotopic (exact) mass is 124 g/mol. The number of rotatable bonds is 2. The van der Waals surface area contributed by atoms with E-state index in [9.17, 15) is 4.79 Å². The quantitative estimate of drug-likeness (QED) is 0.406. The van der Waals surface area contributed by atoms with Crippen molar-refractivity contribution < 1.29 is 9.53 Å². The normalized spacial score (nSPS) is 16.9. The highest BCUT2D eigenvalue weighted by Gasteiger charge is 2.13. The van der Waals surface area contributed by atoms with E-state index in [1.807, 2.05) is 0 Å². The number of carbonyl (C=O) groups is 1. The molecule has 1 aliphatic heterocycles. The Morgan fingerprint density at radius 1 is 1.89 bits per heavy atom. The van der Waals surface area contributed by atoms with Crippen molar-refractivity contribution in [2.45, 2.75) is 6.42 Å². The number of ether oxygens (including phenoxy) is 1. The molecule has 0 atom stereocenters. The predicted octanol–water partition coefficient (Wildman–Crippen LogP) is 1.05. The lowest BCUT2D eigenvalue weighted by Crippen LogP contribution is -1.97. The van der Waals surface area contributed by atoms with Gasteiger partial charge in [-0.1, -0.05) is 6.08 Å². The van der Waals surface area contributed by atoms with Gasteiger partial charge in [-0.3, -0.25) is 0 Å². The molecule has 0 amide bonds. The minimum Gasteiger partial charge on any atom is -0.458 e.